The van der Waals surface area contributed by atoms with Crippen molar-refractivity contribution in [3.63, 3.8) is 0 Å². The van der Waals surface area contributed by atoms with Gasteiger partial charge in [-0.05, 0) is 18.2 Å². The van der Waals surface area contributed by atoms with E-state index < -0.39 is 0 Å². The van der Waals surface area contributed by atoms with E-state index in [-0.39, 0.29) is 6.10 Å². The van der Waals surface area contributed by atoms with E-state index in [2.05, 4.69) is 21.2 Å². The average molecular weight is 272 g/mol. The van der Waals surface area contributed by atoms with Crippen molar-refractivity contribution in [2.45, 2.75) is 6.10 Å². The number of morpholine rings is 1. The van der Waals surface area contributed by atoms with Gasteiger partial charge in [-0.2, -0.15) is 0 Å². The molecule has 1 aliphatic rings. The topological polar surface area (TPSA) is 30.5 Å². The number of hydrogen-bond donors (Lipinski definition) is 1. The summed E-state index contributed by atoms with van der Waals surface area (Å²) in [6, 6.07) is 7.84. The zero-order valence-electron chi connectivity index (χ0n) is 8.41. The summed E-state index contributed by atoms with van der Waals surface area (Å²) in [6.45, 7) is 3.18. The van der Waals surface area contributed by atoms with Crippen molar-refractivity contribution in [1.82, 2.24) is 5.32 Å². The summed E-state index contributed by atoms with van der Waals surface area (Å²) in [7, 11) is 0. The van der Waals surface area contributed by atoms with Gasteiger partial charge in [-0.15, -0.1) is 0 Å². The van der Waals surface area contributed by atoms with Crippen molar-refractivity contribution in [2.75, 3.05) is 26.3 Å². The number of rotatable bonds is 3. The third-order valence-corrected chi connectivity index (χ3v) is 2.73. The minimum Gasteiger partial charge on any atom is -0.491 e. The summed E-state index contributed by atoms with van der Waals surface area (Å²) in [5.74, 6) is 0.874. The van der Waals surface area contributed by atoms with Gasteiger partial charge in [0.05, 0.1) is 6.61 Å². The van der Waals surface area contributed by atoms with Crippen LogP contribution >= 0.6 is 15.9 Å². The summed E-state index contributed by atoms with van der Waals surface area (Å²) < 4.78 is 12.2. The van der Waals surface area contributed by atoms with Crippen LogP contribution in [-0.2, 0) is 4.74 Å². The molecule has 2 rings (SSSR count). The van der Waals surface area contributed by atoms with E-state index in [1.54, 1.807) is 0 Å². The Morgan fingerprint density at radius 1 is 1.53 bits per heavy atom. The van der Waals surface area contributed by atoms with Gasteiger partial charge in [-0.1, -0.05) is 22.0 Å². The van der Waals surface area contributed by atoms with Crippen molar-refractivity contribution in [3.8, 4) is 5.75 Å². The highest BCUT2D eigenvalue weighted by molar-refractivity contribution is 9.10. The Hall–Kier alpha value is -0.580. The Kier molecular flexibility index (Phi) is 4.00. The molecule has 0 radical (unpaired) electrons. The Balaban J connectivity index is 1.81. The van der Waals surface area contributed by atoms with Gasteiger partial charge in [-0.3, -0.25) is 0 Å². The molecule has 0 aromatic heterocycles. The lowest BCUT2D eigenvalue weighted by Crippen LogP contribution is -2.41. The fourth-order valence-electron chi connectivity index (χ4n) is 1.47. The minimum absolute atomic E-state index is 0.165. The van der Waals surface area contributed by atoms with Crippen molar-refractivity contribution in [1.29, 1.82) is 0 Å². The zero-order chi connectivity index (χ0) is 10.5. The van der Waals surface area contributed by atoms with Crippen molar-refractivity contribution in [2.24, 2.45) is 0 Å². The monoisotopic (exact) mass is 271 g/mol. The van der Waals surface area contributed by atoms with Crippen LogP contribution in [0.15, 0.2) is 28.7 Å². The van der Waals surface area contributed by atoms with Gasteiger partial charge < -0.3 is 14.8 Å². The number of benzene rings is 1. The summed E-state index contributed by atoms with van der Waals surface area (Å²) in [4.78, 5) is 0. The first-order chi connectivity index (χ1) is 7.34. The van der Waals surface area contributed by atoms with Crippen molar-refractivity contribution < 1.29 is 9.47 Å². The average Bonchev–Trinajstić information content (AvgIpc) is 2.28. The highest BCUT2D eigenvalue weighted by Gasteiger charge is 2.13. The molecule has 0 unspecified atom stereocenters. The molecule has 0 aliphatic carbocycles. The van der Waals surface area contributed by atoms with E-state index in [0.717, 1.165) is 29.9 Å². The van der Waals surface area contributed by atoms with Gasteiger partial charge in [0, 0.05) is 17.6 Å². The van der Waals surface area contributed by atoms with Gasteiger partial charge in [0.2, 0.25) is 0 Å². The second kappa shape index (κ2) is 5.49. The van der Waals surface area contributed by atoms with Crippen molar-refractivity contribution in [3.05, 3.63) is 28.7 Å². The molecule has 0 spiro atoms. The molecule has 1 heterocycles. The van der Waals surface area contributed by atoms with Crippen LogP contribution in [0.1, 0.15) is 0 Å². The van der Waals surface area contributed by atoms with E-state index >= 15 is 0 Å². The van der Waals surface area contributed by atoms with Crippen LogP contribution in [0, 0.1) is 0 Å². The van der Waals surface area contributed by atoms with Gasteiger partial charge in [-0.25, -0.2) is 0 Å². The fraction of sp³-hybridized carbons (Fsp3) is 0.455. The maximum absolute atomic E-state index is 5.63. The molecule has 0 amide bonds. The van der Waals surface area contributed by atoms with Crippen molar-refractivity contribution >= 4 is 15.9 Å². The normalized spacial score (nSPS) is 21.3. The lowest BCUT2D eigenvalue weighted by molar-refractivity contribution is 0.000184. The van der Waals surface area contributed by atoms with Crippen LogP contribution in [0.5, 0.6) is 5.75 Å². The summed E-state index contributed by atoms with van der Waals surface area (Å²) in [5, 5.41) is 3.27. The van der Waals surface area contributed by atoms with Gasteiger partial charge in [0.1, 0.15) is 18.5 Å². The third-order valence-electron chi connectivity index (χ3n) is 2.24. The second-order valence-electron chi connectivity index (χ2n) is 3.47. The predicted octanol–water partition coefficient (Wildman–Crippen LogP) is 1.82. The maximum Gasteiger partial charge on any atom is 0.120 e. The molecular weight excluding hydrogens is 258 g/mol. The Labute approximate surface area is 97.9 Å². The fourth-order valence-corrected chi connectivity index (χ4v) is 1.85. The first-order valence-corrected chi connectivity index (χ1v) is 5.84. The zero-order valence-corrected chi connectivity index (χ0v) is 10.00. The van der Waals surface area contributed by atoms with Gasteiger partial charge in [0.15, 0.2) is 0 Å². The molecule has 3 nitrogen and oxygen atoms in total. The van der Waals surface area contributed by atoms with Crippen LogP contribution in [-0.4, -0.2) is 32.4 Å². The Bertz CT molecular complexity index is 313. The minimum atomic E-state index is 0.165. The molecule has 1 aromatic carbocycles. The van der Waals surface area contributed by atoms with E-state index in [4.69, 9.17) is 9.47 Å². The molecule has 1 N–H and O–H groups in total. The Morgan fingerprint density at radius 2 is 2.47 bits per heavy atom. The molecular formula is C11H14BrNO2. The molecule has 82 valence electrons. The van der Waals surface area contributed by atoms with Gasteiger partial charge in [0.25, 0.3) is 0 Å². The molecule has 0 bridgehead atoms. The first-order valence-electron chi connectivity index (χ1n) is 5.05. The van der Waals surface area contributed by atoms with E-state index in [9.17, 15) is 0 Å². The van der Waals surface area contributed by atoms with Crippen LogP contribution in [0.25, 0.3) is 0 Å². The molecule has 15 heavy (non-hydrogen) atoms. The molecule has 1 aliphatic heterocycles. The molecule has 1 atom stereocenters. The van der Waals surface area contributed by atoms with Crippen LogP contribution in [0.3, 0.4) is 0 Å². The molecule has 0 saturated carbocycles. The summed E-state index contributed by atoms with van der Waals surface area (Å²) in [5.41, 5.74) is 0. The maximum atomic E-state index is 5.63. The largest absolute Gasteiger partial charge is 0.491 e. The smallest absolute Gasteiger partial charge is 0.120 e. The highest BCUT2D eigenvalue weighted by Crippen LogP contribution is 2.18. The standard InChI is InChI=1S/C11H14BrNO2/c12-9-2-1-3-10(6-9)15-8-11-7-13-4-5-14-11/h1-3,6,11,13H,4-5,7-8H2/t11-/m1/s1. The highest BCUT2D eigenvalue weighted by atomic mass is 79.9. The van der Waals surface area contributed by atoms with Crippen LogP contribution in [0.4, 0.5) is 0 Å². The van der Waals surface area contributed by atoms with E-state index in [1.807, 2.05) is 24.3 Å². The van der Waals surface area contributed by atoms with Crippen LogP contribution < -0.4 is 10.1 Å². The number of halogens is 1. The number of ether oxygens (including phenoxy) is 2. The first kappa shape index (κ1) is 10.9. The molecule has 1 saturated heterocycles. The molecule has 1 aromatic rings. The Morgan fingerprint density at radius 3 is 3.20 bits per heavy atom. The third kappa shape index (κ3) is 3.48. The molecule has 4 heteroatoms. The van der Waals surface area contributed by atoms with Crippen LogP contribution in [0.2, 0.25) is 0 Å². The number of hydrogen-bond acceptors (Lipinski definition) is 3. The second-order valence-corrected chi connectivity index (χ2v) is 4.38. The predicted molar refractivity (Wildman–Crippen MR) is 62.2 cm³/mol. The van der Waals surface area contributed by atoms with E-state index in [0.29, 0.717) is 6.61 Å². The van der Waals surface area contributed by atoms with E-state index in [1.165, 1.54) is 0 Å². The summed E-state index contributed by atoms with van der Waals surface area (Å²) >= 11 is 3.40. The lowest BCUT2D eigenvalue weighted by atomic mass is 10.3. The molecule has 1 fully saturated rings. The van der Waals surface area contributed by atoms with Gasteiger partial charge >= 0.3 is 0 Å². The summed E-state index contributed by atoms with van der Waals surface area (Å²) in [6.07, 6.45) is 0.165. The quantitative estimate of drug-likeness (QED) is 0.910. The lowest BCUT2D eigenvalue weighted by Gasteiger charge is -2.23. The number of nitrogens with one attached hydrogen (secondary N) is 1. The SMILES string of the molecule is Brc1cccc(OC[C@H]2CNCCO2)c1.